The van der Waals surface area contributed by atoms with Gasteiger partial charge in [-0.25, -0.2) is 0 Å². The van der Waals surface area contributed by atoms with E-state index in [9.17, 15) is 0 Å². The van der Waals surface area contributed by atoms with Crippen molar-refractivity contribution in [2.75, 3.05) is 25.7 Å². The Morgan fingerprint density at radius 2 is 2.05 bits per heavy atom. The van der Waals surface area contributed by atoms with Crippen molar-refractivity contribution in [1.29, 1.82) is 0 Å². The number of hydrogen-bond acceptors (Lipinski definition) is 4. The normalized spacial score (nSPS) is 16.4. The van der Waals surface area contributed by atoms with Gasteiger partial charge in [-0.05, 0) is 49.7 Å². The van der Waals surface area contributed by atoms with Crippen molar-refractivity contribution in [3.63, 3.8) is 0 Å². The molecule has 0 radical (unpaired) electrons. The molecule has 106 valence electrons. The standard InChI is InChI=1S/C16H21N3O/c1-20-18-15-6-5-14-9-13(11-17-16(14)10-15)12-19-7-3-2-4-8-19/h5-6,9-11,18H,2-4,7-8,12H2,1H3. The fraction of sp³-hybridized carbons (Fsp3) is 0.438. The Hall–Kier alpha value is -1.65. The van der Waals surface area contributed by atoms with Crippen molar-refractivity contribution in [2.45, 2.75) is 25.8 Å². The second kappa shape index (κ2) is 6.20. The maximum atomic E-state index is 4.92. The van der Waals surface area contributed by atoms with Crippen LogP contribution in [0.15, 0.2) is 30.5 Å². The van der Waals surface area contributed by atoms with E-state index in [2.05, 4.69) is 27.5 Å². The van der Waals surface area contributed by atoms with Gasteiger partial charge in [-0.2, -0.15) is 0 Å². The van der Waals surface area contributed by atoms with Crippen molar-refractivity contribution in [2.24, 2.45) is 0 Å². The predicted octanol–water partition coefficient (Wildman–Crippen LogP) is 3.19. The molecule has 1 aromatic heterocycles. The van der Waals surface area contributed by atoms with Gasteiger partial charge < -0.3 is 0 Å². The first-order valence-corrected chi connectivity index (χ1v) is 7.25. The van der Waals surface area contributed by atoms with Crippen LogP contribution >= 0.6 is 0 Å². The molecule has 0 bridgehead atoms. The van der Waals surface area contributed by atoms with E-state index < -0.39 is 0 Å². The summed E-state index contributed by atoms with van der Waals surface area (Å²) in [7, 11) is 1.61. The molecule has 1 aliphatic rings. The molecule has 0 unspecified atom stereocenters. The summed E-state index contributed by atoms with van der Waals surface area (Å²) in [5, 5.41) is 1.18. The van der Waals surface area contributed by atoms with Crippen LogP contribution in [0, 0.1) is 0 Å². The lowest BCUT2D eigenvalue weighted by Crippen LogP contribution is -2.29. The Kier molecular flexibility index (Phi) is 4.14. The molecule has 0 saturated carbocycles. The van der Waals surface area contributed by atoms with Gasteiger partial charge in [-0.1, -0.05) is 12.5 Å². The van der Waals surface area contributed by atoms with Crippen LogP contribution in [0.4, 0.5) is 5.69 Å². The van der Waals surface area contributed by atoms with Gasteiger partial charge in [0.05, 0.1) is 18.3 Å². The summed E-state index contributed by atoms with van der Waals surface area (Å²) < 4.78 is 0. The molecule has 20 heavy (non-hydrogen) atoms. The van der Waals surface area contributed by atoms with Crippen molar-refractivity contribution in [3.05, 3.63) is 36.0 Å². The zero-order valence-electron chi connectivity index (χ0n) is 11.9. The van der Waals surface area contributed by atoms with Crippen molar-refractivity contribution < 1.29 is 4.84 Å². The molecule has 4 nitrogen and oxygen atoms in total. The van der Waals surface area contributed by atoms with E-state index in [-0.39, 0.29) is 0 Å². The van der Waals surface area contributed by atoms with Gasteiger partial charge in [0, 0.05) is 18.1 Å². The first-order chi connectivity index (χ1) is 9.85. The van der Waals surface area contributed by atoms with Gasteiger partial charge in [0.15, 0.2) is 0 Å². The summed E-state index contributed by atoms with van der Waals surface area (Å²) >= 11 is 0. The minimum Gasteiger partial charge on any atom is -0.299 e. The monoisotopic (exact) mass is 271 g/mol. The van der Waals surface area contributed by atoms with Gasteiger partial charge in [-0.15, -0.1) is 0 Å². The number of pyridine rings is 1. The second-order valence-corrected chi connectivity index (χ2v) is 5.39. The van der Waals surface area contributed by atoms with E-state index >= 15 is 0 Å². The average molecular weight is 271 g/mol. The van der Waals surface area contributed by atoms with Gasteiger partial charge in [0.1, 0.15) is 0 Å². The Bertz CT molecular complexity index is 579. The fourth-order valence-corrected chi connectivity index (χ4v) is 2.81. The molecule has 1 N–H and O–H groups in total. The number of benzene rings is 1. The predicted molar refractivity (Wildman–Crippen MR) is 81.5 cm³/mol. The number of nitrogens with zero attached hydrogens (tertiary/aromatic N) is 2. The molecule has 1 fully saturated rings. The van der Waals surface area contributed by atoms with Crippen LogP contribution in [0.3, 0.4) is 0 Å². The summed E-state index contributed by atoms with van der Waals surface area (Å²) in [4.78, 5) is 12.0. The van der Waals surface area contributed by atoms with Gasteiger partial charge in [0.2, 0.25) is 0 Å². The molecule has 4 heteroatoms. The van der Waals surface area contributed by atoms with Crippen LogP contribution in [0.2, 0.25) is 0 Å². The first-order valence-electron chi connectivity index (χ1n) is 7.25. The van der Waals surface area contributed by atoms with E-state index in [4.69, 9.17) is 4.84 Å². The number of aromatic nitrogens is 1. The van der Waals surface area contributed by atoms with E-state index in [1.165, 1.54) is 43.3 Å². The number of fused-ring (bicyclic) bond motifs is 1. The third-order valence-electron chi connectivity index (χ3n) is 3.82. The zero-order valence-corrected chi connectivity index (χ0v) is 11.9. The molecule has 0 amide bonds. The van der Waals surface area contributed by atoms with Crippen molar-refractivity contribution >= 4 is 16.6 Å². The zero-order chi connectivity index (χ0) is 13.8. The molecular weight excluding hydrogens is 250 g/mol. The van der Waals surface area contributed by atoms with Crippen LogP contribution in [0.1, 0.15) is 24.8 Å². The minimum atomic E-state index is 0.927. The van der Waals surface area contributed by atoms with Crippen LogP contribution in [0.25, 0.3) is 10.9 Å². The topological polar surface area (TPSA) is 37.4 Å². The molecule has 0 atom stereocenters. The van der Waals surface area contributed by atoms with E-state index in [0.717, 1.165) is 17.7 Å². The number of anilines is 1. The summed E-state index contributed by atoms with van der Waals surface area (Å²) in [6, 6.07) is 8.35. The number of piperidine rings is 1. The van der Waals surface area contributed by atoms with Crippen LogP contribution in [-0.4, -0.2) is 30.1 Å². The largest absolute Gasteiger partial charge is 0.299 e. The summed E-state index contributed by atoms with van der Waals surface area (Å²) in [6.07, 6.45) is 6.02. The first kappa shape index (κ1) is 13.3. The van der Waals surface area contributed by atoms with Gasteiger partial charge in [-0.3, -0.25) is 20.2 Å². The number of hydrogen-bond donors (Lipinski definition) is 1. The highest BCUT2D eigenvalue weighted by molar-refractivity contribution is 5.82. The summed E-state index contributed by atoms with van der Waals surface area (Å²) in [6.45, 7) is 3.45. The second-order valence-electron chi connectivity index (χ2n) is 5.39. The molecule has 3 rings (SSSR count). The maximum absolute atomic E-state index is 4.92. The molecule has 2 aromatic rings. The third kappa shape index (κ3) is 3.08. The molecule has 2 heterocycles. The molecule has 1 aliphatic heterocycles. The quantitative estimate of drug-likeness (QED) is 0.867. The highest BCUT2D eigenvalue weighted by Crippen LogP contribution is 2.20. The summed E-state index contributed by atoms with van der Waals surface area (Å²) in [5.41, 5.74) is 6.05. The lowest BCUT2D eigenvalue weighted by molar-refractivity contribution is 0.221. The molecule has 1 saturated heterocycles. The minimum absolute atomic E-state index is 0.927. The van der Waals surface area contributed by atoms with Crippen molar-refractivity contribution in [1.82, 2.24) is 9.88 Å². The Labute approximate surface area is 119 Å². The Morgan fingerprint density at radius 1 is 1.20 bits per heavy atom. The Balaban J connectivity index is 1.77. The smallest absolute Gasteiger partial charge is 0.0723 e. The SMILES string of the molecule is CONc1ccc2cc(CN3CCCCC3)cnc2c1. The fourth-order valence-electron chi connectivity index (χ4n) is 2.81. The average Bonchev–Trinajstić information content (AvgIpc) is 2.49. The van der Waals surface area contributed by atoms with E-state index in [1.807, 2.05) is 18.3 Å². The van der Waals surface area contributed by atoms with Gasteiger partial charge >= 0.3 is 0 Å². The number of nitrogens with one attached hydrogen (secondary N) is 1. The van der Waals surface area contributed by atoms with Gasteiger partial charge in [0.25, 0.3) is 0 Å². The van der Waals surface area contributed by atoms with E-state index in [0.29, 0.717) is 0 Å². The lowest BCUT2D eigenvalue weighted by Gasteiger charge is -2.26. The van der Waals surface area contributed by atoms with Crippen LogP contribution in [-0.2, 0) is 11.4 Å². The lowest BCUT2D eigenvalue weighted by atomic mass is 10.1. The highest BCUT2D eigenvalue weighted by atomic mass is 16.6. The number of rotatable bonds is 4. The third-order valence-corrected chi connectivity index (χ3v) is 3.82. The van der Waals surface area contributed by atoms with Crippen LogP contribution < -0.4 is 5.48 Å². The number of likely N-dealkylation sites (tertiary alicyclic amines) is 1. The van der Waals surface area contributed by atoms with Crippen molar-refractivity contribution in [3.8, 4) is 0 Å². The summed E-state index contributed by atoms with van der Waals surface area (Å²) in [5.74, 6) is 0. The van der Waals surface area contributed by atoms with E-state index in [1.54, 1.807) is 7.11 Å². The molecule has 1 aromatic carbocycles. The van der Waals surface area contributed by atoms with Crippen LogP contribution in [0.5, 0.6) is 0 Å². The molecular formula is C16H21N3O. The Morgan fingerprint density at radius 3 is 2.85 bits per heavy atom. The maximum Gasteiger partial charge on any atom is 0.0723 e. The highest BCUT2D eigenvalue weighted by Gasteiger charge is 2.10. The molecule has 0 aliphatic carbocycles. The molecule has 0 spiro atoms.